The molecule has 3 atom stereocenters. The molecule has 0 aromatic heterocycles. The molecule has 0 amide bonds. The molecule has 1 aliphatic carbocycles. The maximum Gasteiger partial charge on any atom is 0.350 e. The van der Waals surface area contributed by atoms with E-state index >= 15 is 0 Å². The number of hydrogen-bond acceptors (Lipinski definition) is 4. The Balaban J connectivity index is 2.57. The second kappa shape index (κ2) is 5.11. The standard InChI is InChI=1S/C13H17O5PS/c1-3-11-10-13(11,19(14,15)18-4-2)20(16,17)12-8-6-5-7-9-12/h3,5-9,11H,1,4,10H2,2H3,(H,14,15)/t11-,13+/m1/s1. The Morgan fingerprint density at radius 2 is 2.10 bits per heavy atom. The molecule has 7 heteroatoms. The molecule has 1 fully saturated rings. The van der Waals surface area contributed by atoms with E-state index in [9.17, 15) is 17.9 Å². The summed E-state index contributed by atoms with van der Waals surface area (Å²) in [6.45, 7) is 5.08. The fraction of sp³-hybridized carbons (Fsp3) is 0.385. The molecular weight excluding hydrogens is 299 g/mol. The maximum absolute atomic E-state index is 12.7. The fourth-order valence-electron chi connectivity index (χ4n) is 2.40. The number of benzene rings is 1. The van der Waals surface area contributed by atoms with Crippen LogP contribution in [0.3, 0.4) is 0 Å². The minimum absolute atomic E-state index is 0.0241. The first-order valence-electron chi connectivity index (χ1n) is 6.23. The highest BCUT2D eigenvalue weighted by molar-refractivity contribution is 8.00. The Hall–Kier alpha value is -0.940. The van der Waals surface area contributed by atoms with E-state index in [2.05, 4.69) is 6.58 Å². The summed E-state index contributed by atoms with van der Waals surface area (Å²) in [5.74, 6) is -0.574. The van der Waals surface area contributed by atoms with E-state index in [0.29, 0.717) is 0 Å². The van der Waals surface area contributed by atoms with Crippen LogP contribution in [0.5, 0.6) is 0 Å². The summed E-state index contributed by atoms with van der Waals surface area (Å²) in [4.78, 5) is 10.1. The third kappa shape index (κ3) is 2.07. The zero-order valence-corrected chi connectivity index (χ0v) is 12.8. The Kier molecular flexibility index (Phi) is 3.95. The van der Waals surface area contributed by atoms with E-state index in [0.717, 1.165) is 0 Å². The van der Waals surface area contributed by atoms with Gasteiger partial charge in [-0.05, 0) is 25.5 Å². The zero-order valence-electron chi connectivity index (χ0n) is 11.1. The third-order valence-corrected chi connectivity index (χ3v) is 9.30. The highest BCUT2D eigenvalue weighted by Gasteiger charge is 2.74. The molecule has 0 spiro atoms. The van der Waals surface area contributed by atoms with Gasteiger partial charge in [-0.3, -0.25) is 4.57 Å². The fourth-order valence-corrected chi connectivity index (χ4v) is 7.42. The minimum Gasteiger partial charge on any atom is -0.323 e. The summed E-state index contributed by atoms with van der Waals surface area (Å²) in [6.07, 6.45) is 1.46. The largest absolute Gasteiger partial charge is 0.350 e. The molecule has 1 saturated carbocycles. The van der Waals surface area contributed by atoms with E-state index in [1.165, 1.54) is 18.2 Å². The Labute approximate surface area is 118 Å². The highest BCUT2D eigenvalue weighted by Crippen LogP contribution is 2.75. The van der Waals surface area contributed by atoms with Gasteiger partial charge in [-0.25, -0.2) is 8.42 Å². The summed E-state index contributed by atoms with van der Waals surface area (Å²) < 4.78 is 41.0. The molecule has 1 aromatic rings. The molecule has 1 unspecified atom stereocenters. The van der Waals surface area contributed by atoms with Crippen LogP contribution in [0.2, 0.25) is 0 Å². The topological polar surface area (TPSA) is 80.7 Å². The van der Waals surface area contributed by atoms with Gasteiger partial charge in [0.15, 0.2) is 14.3 Å². The second-order valence-corrected chi connectivity index (χ2v) is 9.25. The Morgan fingerprint density at radius 1 is 1.50 bits per heavy atom. The van der Waals surface area contributed by atoms with Crippen LogP contribution in [0.15, 0.2) is 47.9 Å². The van der Waals surface area contributed by atoms with E-state index in [1.54, 1.807) is 25.1 Å². The molecule has 0 aliphatic heterocycles. The van der Waals surface area contributed by atoms with Gasteiger partial charge in [0.05, 0.1) is 11.5 Å². The van der Waals surface area contributed by atoms with Crippen molar-refractivity contribution in [3.8, 4) is 0 Å². The van der Waals surface area contributed by atoms with Crippen molar-refractivity contribution in [2.45, 2.75) is 22.7 Å². The smallest absolute Gasteiger partial charge is 0.323 e. The minimum atomic E-state index is -4.30. The van der Waals surface area contributed by atoms with Crippen molar-refractivity contribution in [2.75, 3.05) is 6.61 Å². The second-order valence-electron chi connectivity index (χ2n) is 4.65. The average Bonchev–Trinajstić information content (AvgIpc) is 3.16. The quantitative estimate of drug-likeness (QED) is 0.644. The van der Waals surface area contributed by atoms with E-state index in [-0.39, 0.29) is 17.9 Å². The van der Waals surface area contributed by atoms with E-state index in [1.807, 2.05) is 0 Å². The summed E-state index contributed by atoms with van der Waals surface area (Å²) in [7, 11) is -8.28. The Morgan fingerprint density at radius 3 is 2.55 bits per heavy atom. The lowest BCUT2D eigenvalue weighted by Gasteiger charge is -2.23. The molecule has 0 saturated heterocycles. The average molecular weight is 316 g/mol. The monoisotopic (exact) mass is 316 g/mol. The van der Waals surface area contributed by atoms with Crippen molar-refractivity contribution >= 4 is 17.4 Å². The van der Waals surface area contributed by atoms with Gasteiger partial charge in [-0.2, -0.15) is 0 Å². The SMILES string of the molecule is C=C[C@@H]1C[C@]1(P(=O)(O)OCC)S(=O)(=O)c1ccccc1. The first-order valence-corrected chi connectivity index (χ1v) is 9.29. The van der Waals surface area contributed by atoms with Gasteiger partial charge in [-0.1, -0.05) is 24.3 Å². The summed E-state index contributed by atoms with van der Waals surface area (Å²) in [5, 5.41) is 0. The van der Waals surface area contributed by atoms with Gasteiger partial charge in [0.1, 0.15) is 0 Å². The normalized spacial score (nSPS) is 28.6. The van der Waals surface area contributed by atoms with Crippen LogP contribution in [-0.2, 0) is 18.9 Å². The summed E-state index contributed by atoms with van der Waals surface area (Å²) >= 11 is 0. The number of allylic oxidation sites excluding steroid dienone is 1. The molecule has 110 valence electrons. The molecule has 20 heavy (non-hydrogen) atoms. The van der Waals surface area contributed by atoms with Crippen LogP contribution in [0, 0.1) is 5.92 Å². The number of sulfone groups is 1. The van der Waals surface area contributed by atoms with Crippen LogP contribution in [-0.4, -0.2) is 24.4 Å². The lowest BCUT2D eigenvalue weighted by molar-refractivity contribution is 0.268. The lowest BCUT2D eigenvalue weighted by Crippen LogP contribution is -2.27. The van der Waals surface area contributed by atoms with Crippen molar-refractivity contribution in [3.63, 3.8) is 0 Å². The molecule has 2 rings (SSSR count). The zero-order chi connectivity index (χ0) is 15.0. The molecule has 1 aliphatic rings. The summed E-state index contributed by atoms with van der Waals surface area (Å²) in [6, 6.07) is 7.68. The van der Waals surface area contributed by atoms with E-state index < -0.39 is 27.8 Å². The van der Waals surface area contributed by atoms with Crippen molar-refractivity contribution in [1.29, 1.82) is 0 Å². The van der Waals surface area contributed by atoms with Crippen LogP contribution >= 0.6 is 7.60 Å². The molecule has 5 nitrogen and oxygen atoms in total. The van der Waals surface area contributed by atoms with Gasteiger partial charge < -0.3 is 9.42 Å². The van der Waals surface area contributed by atoms with Crippen LogP contribution < -0.4 is 0 Å². The van der Waals surface area contributed by atoms with Gasteiger partial charge in [0.2, 0.25) is 0 Å². The molecule has 0 bridgehead atoms. The molecular formula is C13H17O5PS. The van der Waals surface area contributed by atoms with Crippen LogP contribution in [0.4, 0.5) is 0 Å². The van der Waals surface area contributed by atoms with Crippen molar-refractivity contribution in [2.24, 2.45) is 5.92 Å². The highest BCUT2D eigenvalue weighted by atomic mass is 32.2. The van der Waals surface area contributed by atoms with Gasteiger partial charge in [-0.15, -0.1) is 6.58 Å². The van der Waals surface area contributed by atoms with Crippen molar-refractivity contribution < 1.29 is 22.4 Å². The van der Waals surface area contributed by atoms with Crippen molar-refractivity contribution in [3.05, 3.63) is 43.0 Å². The lowest BCUT2D eigenvalue weighted by atomic mass is 10.4. The maximum atomic E-state index is 12.7. The number of rotatable bonds is 6. The predicted octanol–water partition coefficient (Wildman–Crippen LogP) is 2.58. The van der Waals surface area contributed by atoms with E-state index in [4.69, 9.17) is 4.52 Å². The molecule has 0 heterocycles. The number of hydrogen-bond donors (Lipinski definition) is 1. The van der Waals surface area contributed by atoms with Gasteiger partial charge in [0, 0.05) is 5.92 Å². The van der Waals surface area contributed by atoms with Crippen LogP contribution in [0.1, 0.15) is 13.3 Å². The first-order chi connectivity index (χ1) is 9.33. The van der Waals surface area contributed by atoms with Crippen molar-refractivity contribution in [1.82, 2.24) is 0 Å². The Bertz CT molecular complexity index is 655. The first kappa shape index (κ1) is 15.4. The predicted molar refractivity (Wildman–Crippen MR) is 76.1 cm³/mol. The molecule has 0 radical (unpaired) electrons. The molecule has 1 N–H and O–H groups in total. The third-order valence-electron chi connectivity index (χ3n) is 3.52. The molecule has 1 aromatic carbocycles. The summed E-state index contributed by atoms with van der Waals surface area (Å²) in [5.41, 5.74) is 0. The van der Waals surface area contributed by atoms with Crippen LogP contribution in [0.25, 0.3) is 0 Å². The van der Waals surface area contributed by atoms with Gasteiger partial charge >= 0.3 is 7.60 Å². The van der Waals surface area contributed by atoms with Gasteiger partial charge in [0.25, 0.3) is 0 Å².